The van der Waals surface area contributed by atoms with Crippen molar-refractivity contribution in [3.05, 3.63) is 86.0 Å². The predicted octanol–water partition coefficient (Wildman–Crippen LogP) is 5.82. The summed E-state index contributed by atoms with van der Waals surface area (Å²) in [4.78, 5) is 26.6. The topological polar surface area (TPSA) is 135 Å². The monoisotopic (exact) mass is 482 g/mol. The molecule has 0 atom stereocenters. The molecule has 4 aromatic rings. The molecular weight excluding hydrogens is 468 g/mol. The SMILES string of the molecule is Cc1ccc([N+](=O)[O-])cc1-c1ccc(/C=C(\Sc2n[nH]c(-c3ccc(Cl)cc3)n2)C(=O)O)o1. The van der Waals surface area contributed by atoms with Crippen LogP contribution in [-0.2, 0) is 4.79 Å². The van der Waals surface area contributed by atoms with Gasteiger partial charge in [-0.25, -0.2) is 9.78 Å². The summed E-state index contributed by atoms with van der Waals surface area (Å²) in [6.45, 7) is 1.80. The molecule has 0 radical (unpaired) electrons. The van der Waals surface area contributed by atoms with Crippen LogP contribution in [0.4, 0.5) is 5.69 Å². The first-order valence-corrected chi connectivity index (χ1v) is 10.7. The summed E-state index contributed by atoms with van der Waals surface area (Å²) in [6, 6.07) is 14.7. The van der Waals surface area contributed by atoms with E-state index in [1.165, 1.54) is 18.2 Å². The first-order chi connectivity index (χ1) is 15.8. The lowest BCUT2D eigenvalue weighted by Crippen LogP contribution is -1.97. The van der Waals surface area contributed by atoms with E-state index in [1.54, 1.807) is 49.4 Å². The minimum atomic E-state index is -1.18. The van der Waals surface area contributed by atoms with Crippen LogP contribution >= 0.6 is 23.4 Å². The lowest BCUT2D eigenvalue weighted by Gasteiger charge is -2.02. The number of aromatic nitrogens is 3. The molecular formula is C22H15ClN4O5S. The largest absolute Gasteiger partial charge is 0.477 e. The van der Waals surface area contributed by atoms with Gasteiger partial charge in [0.15, 0.2) is 5.82 Å². The fourth-order valence-corrected chi connectivity index (χ4v) is 3.77. The Kier molecular flexibility index (Phi) is 6.29. The zero-order chi connectivity index (χ0) is 23.5. The number of carboxylic acids is 1. The number of nitro benzene ring substituents is 1. The Morgan fingerprint density at radius 1 is 1.21 bits per heavy atom. The molecule has 0 spiro atoms. The van der Waals surface area contributed by atoms with Crippen LogP contribution in [0.5, 0.6) is 0 Å². The normalized spacial score (nSPS) is 11.5. The van der Waals surface area contributed by atoms with Gasteiger partial charge in [0.2, 0.25) is 5.16 Å². The maximum absolute atomic E-state index is 11.8. The van der Waals surface area contributed by atoms with Gasteiger partial charge in [-0.1, -0.05) is 17.7 Å². The van der Waals surface area contributed by atoms with E-state index in [0.717, 1.165) is 22.9 Å². The number of hydrogen-bond acceptors (Lipinski definition) is 7. The number of thioether (sulfide) groups is 1. The van der Waals surface area contributed by atoms with Gasteiger partial charge in [0, 0.05) is 34.4 Å². The molecule has 33 heavy (non-hydrogen) atoms. The Morgan fingerprint density at radius 2 is 1.97 bits per heavy atom. The Morgan fingerprint density at radius 3 is 2.67 bits per heavy atom. The van der Waals surface area contributed by atoms with Gasteiger partial charge in [0.25, 0.3) is 5.69 Å². The Bertz CT molecular complexity index is 1380. The number of benzene rings is 2. The zero-order valence-corrected chi connectivity index (χ0v) is 18.6. The number of carboxylic acid groups (broad SMARTS) is 1. The number of aromatic amines is 1. The summed E-state index contributed by atoms with van der Waals surface area (Å²) >= 11 is 6.75. The fourth-order valence-electron chi connectivity index (χ4n) is 2.96. The number of aryl methyl sites for hydroxylation is 1. The summed E-state index contributed by atoms with van der Waals surface area (Å²) < 4.78 is 5.75. The number of nitro groups is 1. The van der Waals surface area contributed by atoms with E-state index in [0.29, 0.717) is 22.2 Å². The molecule has 11 heteroatoms. The number of non-ortho nitro benzene ring substituents is 1. The summed E-state index contributed by atoms with van der Waals surface area (Å²) in [7, 11) is 0. The molecule has 2 N–H and O–H groups in total. The van der Waals surface area contributed by atoms with E-state index in [1.807, 2.05) is 0 Å². The third-order valence-electron chi connectivity index (χ3n) is 4.59. The highest BCUT2D eigenvalue weighted by molar-refractivity contribution is 8.04. The van der Waals surface area contributed by atoms with E-state index in [2.05, 4.69) is 15.2 Å². The first kappa shape index (κ1) is 22.3. The molecule has 0 bridgehead atoms. The maximum Gasteiger partial charge on any atom is 0.342 e. The Balaban J connectivity index is 1.58. The lowest BCUT2D eigenvalue weighted by molar-refractivity contribution is -0.384. The van der Waals surface area contributed by atoms with Gasteiger partial charge in [-0.3, -0.25) is 15.2 Å². The van der Waals surface area contributed by atoms with Gasteiger partial charge < -0.3 is 9.52 Å². The van der Waals surface area contributed by atoms with Crippen molar-refractivity contribution < 1.29 is 19.2 Å². The molecule has 0 saturated carbocycles. The van der Waals surface area contributed by atoms with Gasteiger partial charge in [0.05, 0.1) is 4.92 Å². The van der Waals surface area contributed by atoms with Crippen molar-refractivity contribution in [3.8, 4) is 22.7 Å². The van der Waals surface area contributed by atoms with E-state index in [4.69, 9.17) is 16.0 Å². The van der Waals surface area contributed by atoms with Crippen molar-refractivity contribution in [2.24, 2.45) is 0 Å². The highest BCUT2D eigenvalue weighted by Crippen LogP contribution is 2.32. The average molecular weight is 483 g/mol. The summed E-state index contributed by atoms with van der Waals surface area (Å²) in [6.07, 6.45) is 1.35. The standard InChI is InChI=1S/C22H15ClN4O5S/c1-12-2-7-15(27(30)31)10-17(12)18-9-8-16(32-18)11-19(21(28)29)33-22-24-20(25-26-22)13-3-5-14(23)6-4-13/h2-11H,1H3,(H,28,29)(H,24,25,26)/b19-11-. The van der Waals surface area contributed by atoms with Crippen molar-refractivity contribution in [1.29, 1.82) is 0 Å². The van der Waals surface area contributed by atoms with E-state index in [-0.39, 0.29) is 21.5 Å². The number of nitrogens with zero attached hydrogens (tertiary/aromatic N) is 3. The second-order valence-corrected chi connectivity index (χ2v) is 8.29. The number of nitrogens with one attached hydrogen (secondary N) is 1. The number of halogens is 1. The summed E-state index contributed by atoms with van der Waals surface area (Å²) in [5, 5.41) is 28.3. The molecule has 2 aromatic carbocycles. The minimum absolute atomic E-state index is 0.0617. The molecule has 0 amide bonds. The third kappa shape index (κ3) is 5.13. The molecule has 2 heterocycles. The Hall–Kier alpha value is -3.89. The number of aliphatic carboxylic acids is 1. The van der Waals surface area contributed by atoms with Gasteiger partial charge in [-0.05, 0) is 60.6 Å². The number of carbonyl (C=O) groups is 1. The molecule has 166 valence electrons. The van der Waals surface area contributed by atoms with Gasteiger partial charge in [0.1, 0.15) is 16.4 Å². The molecule has 9 nitrogen and oxygen atoms in total. The van der Waals surface area contributed by atoms with Crippen LogP contribution in [0.2, 0.25) is 5.02 Å². The maximum atomic E-state index is 11.8. The molecule has 2 aromatic heterocycles. The van der Waals surface area contributed by atoms with E-state index in [9.17, 15) is 20.0 Å². The molecule has 0 unspecified atom stereocenters. The van der Waals surface area contributed by atoms with Crippen molar-refractivity contribution in [1.82, 2.24) is 15.2 Å². The number of rotatable bonds is 7. The van der Waals surface area contributed by atoms with Crippen molar-refractivity contribution >= 4 is 41.1 Å². The van der Waals surface area contributed by atoms with E-state index >= 15 is 0 Å². The molecule has 4 rings (SSSR count). The van der Waals surface area contributed by atoms with Crippen molar-refractivity contribution in [3.63, 3.8) is 0 Å². The van der Waals surface area contributed by atoms with Crippen LogP contribution in [0.3, 0.4) is 0 Å². The van der Waals surface area contributed by atoms with E-state index < -0.39 is 10.9 Å². The van der Waals surface area contributed by atoms with Crippen LogP contribution in [0.1, 0.15) is 11.3 Å². The Labute approximate surface area is 196 Å². The number of hydrogen-bond donors (Lipinski definition) is 2. The second-order valence-electron chi connectivity index (χ2n) is 6.85. The molecule has 0 aliphatic carbocycles. The molecule has 0 aliphatic heterocycles. The van der Waals surface area contributed by atoms with Gasteiger partial charge >= 0.3 is 5.97 Å². The molecule has 0 aliphatic rings. The first-order valence-electron chi connectivity index (χ1n) is 9.46. The quantitative estimate of drug-likeness (QED) is 0.145. The van der Waals surface area contributed by atoms with Crippen LogP contribution in [-0.4, -0.2) is 31.2 Å². The molecule has 0 saturated heterocycles. The molecule has 0 fully saturated rings. The zero-order valence-electron chi connectivity index (χ0n) is 17.0. The van der Waals surface area contributed by atoms with Crippen molar-refractivity contribution in [2.75, 3.05) is 0 Å². The third-order valence-corrected chi connectivity index (χ3v) is 5.72. The number of furan rings is 1. The summed E-state index contributed by atoms with van der Waals surface area (Å²) in [5.74, 6) is -0.0444. The second kappa shape index (κ2) is 9.31. The van der Waals surface area contributed by atoms with Gasteiger partial charge in [-0.2, -0.15) is 0 Å². The predicted molar refractivity (Wildman–Crippen MR) is 124 cm³/mol. The van der Waals surface area contributed by atoms with Crippen molar-refractivity contribution in [2.45, 2.75) is 12.1 Å². The van der Waals surface area contributed by atoms with Gasteiger partial charge in [-0.15, -0.1) is 5.10 Å². The smallest absolute Gasteiger partial charge is 0.342 e. The lowest BCUT2D eigenvalue weighted by atomic mass is 10.1. The highest BCUT2D eigenvalue weighted by atomic mass is 35.5. The minimum Gasteiger partial charge on any atom is -0.477 e. The van der Waals surface area contributed by atoms with Crippen LogP contribution in [0.15, 0.2) is 69.1 Å². The average Bonchev–Trinajstić information content (AvgIpc) is 3.44. The number of H-pyrrole nitrogens is 1. The fraction of sp³-hybridized carbons (Fsp3) is 0.0455. The van der Waals surface area contributed by atoms with Crippen LogP contribution < -0.4 is 0 Å². The van der Waals surface area contributed by atoms with Crippen LogP contribution in [0.25, 0.3) is 28.8 Å². The highest BCUT2D eigenvalue weighted by Gasteiger charge is 2.17. The summed E-state index contributed by atoms with van der Waals surface area (Å²) in [5.41, 5.74) is 2.03. The van der Waals surface area contributed by atoms with Crippen LogP contribution in [0, 0.1) is 17.0 Å².